The highest BCUT2D eigenvalue weighted by Crippen LogP contribution is 2.30. The van der Waals surface area contributed by atoms with Crippen LogP contribution in [0.15, 0.2) is 28.7 Å². The summed E-state index contributed by atoms with van der Waals surface area (Å²) in [7, 11) is 0. The molecule has 5 heteroatoms. The van der Waals surface area contributed by atoms with Crippen LogP contribution in [-0.4, -0.2) is 9.97 Å². The third kappa shape index (κ3) is 2.70. The average molecular weight is 330 g/mol. The minimum absolute atomic E-state index is 0.221. The summed E-state index contributed by atoms with van der Waals surface area (Å²) in [4.78, 5) is 8.67. The van der Waals surface area contributed by atoms with Gasteiger partial charge in [0.15, 0.2) is 5.82 Å². The van der Waals surface area contributed by atoms with Crippen LogP contribution < -0.4 is 0 Å². The molecule has 0 spiro atoms. The summed E-state index contributed by atoms with van der Waals surface area (Å²) in [6.45, 7) is 4.05. The van der Waals surface area contributed by atoms with Crippen molar-refractivity contribution in [2.24, 2.45) is 0 Å². The first kappa shape index (κ1) is 13.4. The van der Waals surface area contributed by atoms with Gasteiger partial charge >= 0.3 is 0 Å². The molecule has 0 aliphatic heterocycles. The van der Waals surface area contributed by atoms with Gasteiger partial charge in [-0.3, -0.25) is 0 Å². The van der Waals surface area contributed by atoms with E-state index in [-0.39, 0.29) is 11.7 Å². The van der Waals surface area contributed by atoms with E-state index in [1.165, 1.54) is 12.1 Å². The zero-order chi connectivity index (χ0) is 13.3. The van der Waals surface area contributed by atoms with Gasteiger partial charge in [-0.2, -0.15) is 0 Å². The lowest BCUT2D eigenvalue weighted by Crippen LogP contribution is -2.00. The molecule has 0 saturated carbocycles. The van der Waals surface area contributed by atoms with Crippen molar-refractivity contribution in [2.45, 2.75) is 19.8 Å². The maximum Gasteiger partial charge on any atom is 0.161 e. The van der Waals surface area contributed by atoms with Gasteiger partial charge < -0.3 is 0 Å². The van der Waals surface area contributed by atoms with Crippen LogP contribution in [0.5, 0.6) is 0 Å². The summed E-state index contributed by atoms with van der Waals surface area (Å²) in [5.74, 6) is 0.442. The van der Waals surface area contributed by atoms with Crippen LogP contribution in [0, 0.1) is 5.82 Å². The van der Waals surface area contributed by atoms with Crippen LogP contribution in [0.25, 0.3) is 11.4 Å². The van der Waals surface area contributed by atoms with Gasteiger partial charge in [-0.05, 0) is 46.1 Å². The molecule has 2 nitrogen and oxygen atoms in total. The highest BCUT2D eigenvalue weighted by molar-refractivity contribution is 9.10. The predicted molar refractivity (Wildman–Crippen MR) is 74.2 cm³/mol. The van der Waals surface area contributed by atoms with E-state index in [4.69, 9.17) is 11.6 Å². The molecule has 0 atom stereocenters. The molecule has 0 aliphatic carbocycles. The molecule has 1 aromatic heterocycles. The molecule has 0 amide bonds. The Morgan fingerprint density at radius 3 is 2.33 bits per heavy atom. The molecule has 0 aliphatic rings. The molecule has 0 fully saturated rings. The van der Waals surface area contributed by atoms with E-state index >= 15 is 0 Å². The molecular weight excluding hydrogens is 319 g/mol. The van der Waals surface area contributed by atoms with Gasteiger partial charge in [0.1, 0.15) is 11.0 Å². The van der Waals surface area contributed by atoms with E-state index < -0.39 is 0 Å². The van der Waals surface area contributed by atoms with Crippen LogP contribution in [0.4, 0.5) is 4.39 Å². The largest absolute Gasteiger partial charge is 0.232 e. The zero-order valence-corrected chi connectivity index (χ0v) is 12.3. The Morgan fingerprint density at radius 1 is 1.17 bits per heavy atom. The standard InChI is InChI=1S/C13H11BrClFN2/c1-7(2)11-10(14)12(15)18-13(17-11)8-3-5-9(16)6-4-8/h3-7H,1-2H3. The SMILES string of the molecule is CC(C)c1nc(-c2ccc(F)cc2)nc(Cl)c1Br. The highest BCUT2D eigenvalue weighted by atomic mass is 79.9. The van der Waals surface area contributed by atoms with Crippen molar-refractivity contribution in [1.82, 2.24) is 9.97 Å². The number of benzene rings is 1. The van der Waals surface area contributed by atoms with Crippen molar-refractivity contribution in [2.75, 3.05) is 0 Å². The van der Waals surface area contributed by atoms with E-state index in [2.05, 4.69) is 25.9 Å². The lowest BCUT2D eigenvalue weighted by Gasteiger charge is -2.10. The Labute approximate surface area is 118 Å². The number of nitrogens with zero attached hydrogens (tertiary/aromatic N) is 2. The summed E-state index contributed by atoms with van der Waals surface area (Å²) >= 11 is 9.45. The number of rotatable bonds is 2. The van der Waals surface area contributed by atoms with Crippen molar-refractivity contribution in [3.63, 3.8) is 0 Å². The first-order chi connectivity index (χ1) is 8.49. The fourth-order valence-corrected chi connectivity index (χ4v) is 2.36. The second-order valence-electron chi connectivity index (χ2n) is 4.20. The summed E-state index contributed by atoms with van der Waals surface area (Å²) < 4.78 is 13.6. The highest BCUT2D eigenvalue weighted by Gasteiger charge is 2.14. The van der Waals surface area contributed by atoms with Crippen LogP contribution in [0.3, 0.4) is 0 Å². The lowest BCUT2D eigenvalue weighted by molar-refractivity contribution is 0.628. The average Bonchev–Trinajstić information content (AvgIpc) is 2.33. The monoisotopic (exact) mass is 328 g/mol. The Hall–Kier alpha value is -1.00. The molecule has 0 radical (unpaired) electrons. The van der Waals surface area contributed by atoms with Gasteiger partial charge in [0.05, 0.1) is 10.2 Å². The lowest BCUT2D eigenvalue weighted by atomic mass is 10.1. The quantitative estimate of drug-likeness (QED) is 0.738. The third-order valence-corrected chi connectivity index (χ3v) is 3.77. The molecule has 1 aromatic carbocycles. The molecule has 2 aromatic rings. The Balaban J connectivity index is 2.55. The third-order valence-electron chi connectivity index (χ3n) is 2.49. The van der Waals surface area contributed by atoms with Crippen LogP contribution >= 0.6 is 27.5 Å². The molecule has 0 N–H and O–H groups in total. The number of halogens is 3. The summed E-state index contributed by atoms with van der Waals surface area (Å²) in [6.07, 6.45) is 0. The van der Waals surface area contributed by atoms with E-state index in [1.807, 2.05) is 13.8 Å². The van der Waals surface area contributed by atoms with Gasteiger partial charge in [-0.25, -0.2) is 14.4 Å². The molecular formula is C13H11BrClFN2. The van der Waals surface area contributed by atoms with E-state index in [9.17, 15) is 4.39 Å². The Kier molecular flexibility index (Phi) is 3.97. The van der Waals surface area contributed by atoms with Gasteiger partial charge in [-0.1, -0.05) is 25.4 Å². The predicted octanol–water partition coefficient (Wildman–Crippen LogP) is 4.82. The fourth-order valence-electron chi connectivity index (χ4n) is 1.55. The van der Waals surface area contributed by atoms with Gasteiger partial charge in [-0.15, -0.1) is 0 Å². The van der Waals surface area contributed by atoms with E-state index in [0.717, 1.165) is 11.3 Å². The second kappa shape index (κ2) is 5.33. The van der Waals surface area contributed by atoms with Crippen molar-refractivity contribution in [1.29, 1.82) is 0 Å². The molecule has 1 heterocycles. The van der Waals surface area contributed by atoms with E-state index in [1.54, 1.807) is 12.1 Å². The minimum Gasteiger partial charge on any atom is -0.232 e. The number of hydrogen-bond donors (Lipinski definition) is 0. The van der Waals surface area contributed by atoms with E-state index in [0.29, 0.717) is 15.5 Å². The van der Waals surface area contributed by atoms with Crippen molar-refractivity contribution < 1.29 is 4.39 Å². The van der Waals surface area contributed by atoms with Gasteiger partial charge in [0.25, 0.3) is 0 Å². The van der Waals surface area contributed by atoms with Crippen LogP contribution in [-0.2, 0) is 0 Å². The summed E-state index contributed by atoms with van der Waals surface area (Å²) in [5, 5.41) is 0.369. The molecule has 0 unspecified atom stereocenters. The molecule has 0 bridgehead atoms. The minimum atomic E-state index is -0.286. The summed E-state index contributed by atoms with van der Waals surface area (Å²) in [5.41, 5.74) is 1.59. The Morgan fingerprint density at radius 2 is 1.78 bits per heavy atom. The van der Waals surface area contributed by atoms with Crippen molar-refractivity contribution in [3.05, 3.63) is 45.4 Å². The molecule has 2 rings (SSSR count). The maximum atomic E-state index is 12.9. The van der Waals surface area contributed by atoms with Crippen molar-refractivity contribution in [3.8, 4) is 11.4 Å². The fraction of sp³-hybridized carbons (Fsp3) is 0.231. The van der Waals surface area contributed by atoms with Gasteiger partial charge in [0, 0.05) is 5.56 Å². The first-order valence-corrected chi connectivity index (χ1v) is 6.65. The molecule has 94 valence electrons. The molecule has 0 saturated heterocycles. The Bertz CT molecular complexity index is 570. The second-order valence-corrected chi connectivity index (χ2v) is 5.35. The van der Waals surface area contributed by atoms with Crippen LogP contribution in [0.2, 0.25) is 5.15 Å². The van der Waals surface area contributed by atoms with Crippen molar-refractivity contribution >= 4 is 27.5 Å². The topological polar surface area (TPSA) is 25.8 Å². The van der Waals surface area contributed by atoms with Gasteiger partial charge in [0.2, 0.25) is 0 Å². The molecule has 18 heavy (non-hydrogen) atoms. The smallest absolute Gasteiger partial charge is 0.161 e. The zero-order valence-electron chi connectivity index (χ0n) is 9.92. The summed E-state index contributed by atoms with van der Waals surface area (Å²) in [6, 6.07) is 6.03. The van der Waals surface area contributed by atoms with Crippen LogP contribution in [0.1, 0.15) is 25.5 Å². The maximum absolute atomic E-state index is 12.9. The normalized spacial score (nSPS) is 11.0. The number of aromatic nitrogens is 2. The number of hydrogen-bond acceptors (Lipinski definition) is 2. The first-order valence-electron chi connectivity index (χ1n) is 5.48.